The largest absolute Gasteiger partial charge is 0.496 e. The molecule has 2 aromatic carbocycles. The molecular weight excluding hydrogens is 307 g/mol. The summed E-state index contributed by atoms with van der Waals surface area (Å²) in [5, 5.41) is 0.325. The molecule has 0 fully saturated rings. The third kappa shape index (κ3) is 4.05. The van der Waals surface area contributed by atoms with Gasteiger partial charge in [0.05, 0.1) is 18.6 Å². The van der Waals surface area contributed by atoms with E-state index in [2.05, 4.69) is 0 Å². The number of benzene rings is 2. The van der Waals surface area contributed by atoms with E-state index in [9.17, 15) is 0 Å². The second-order valence-corrected chi connectivity index (χ2v) is 5.86. The monoisotopic (exact) mass is 324 g/mol. The van der Waals surface area contributed by atoms with E-state index in [1.54, 1.807) is 13.2 Å². The van der Waals surface area contributed by atoms with Crippen molar-refractivity contribution in [2.75, 3.05) is 7.11 Å². The van der Waals surface area contributed by atoms with Crippen LogP contribution in [0.4, 0.5) is 0 Å². The van der Waals surface area contributed by atoms with Gasteiger partial charge in [0.1, 0.15) is 11.5 Å². The molecule has 1 atom stereocenters. The fourth-order valence-electron chi connectivity index (χ4n) is 2.06. The first-order valence-corrected chi connectivity index (χ1v) is 7.57. The van der Waals surface area contributed by atoms with Crippen LogP contribution in [-0.2, 0) is 0 Å². The fourth-order valence-corrected chi connectivity index (χ4v) is 2.55. The second-order valence-electron chi connectivity index (χ2n) is 4.98. The normalized spacial score (nSPS) is 12.3. The van der Waals surface area contributed by atoms with Crippen molar-refractivity contribution in [3.8, 4) is 11.5 Å². The van der Waals surface area contributed by atoms with Crippen LogP contribution in [-0.4, -0.2) is 13.2 Å². The SMILES string of the molecule is COc1cc(Cl)ccc1C(Cl)c1ccc(OC(C)C)cc1. The fraction of sp³-hybridized carbons (Fsp3) is 0.294. The summed E-state index contributed by atoms with van der Waals surface area (Å²) in [6.45, 7) is 3.99. The van der Waals surface area contributed by atoms with E-state index < -0.39 is 0 Å². The van der Waals surface area contributed by atoms with Gasteiger partial charge in [0, 0.05) is 10.6 Å². The minimum atomic E-state index is -0.301. The Balaban J connectivity index is 2.25. The maximum atomic E-state index is 6.56. The Labute approximate surface area is 135 Å². The van der Waals surface area contributed by atoms with Crippen LogP contribution in [0, 0.1) is 0 Å². The summed E-state index contributed by atoms with van der Waals surface area (Å²) in [6, 6.07) is 13.2. The first-order valence-electron chi connectivity index (χ1n) is 6.75. The molecule has 0 aliphatic carbocycles. The van der Waals surface area contributed by atoms with Crippen LogP contribution >= 0.6 is 23.2 Å². The van der Waals surface area contributed by atoms with Crippen molar-refractivity contribution in [2.45, 2.75) is 25.3 Å². The highest BCUT2D eigenvalue weighted by atomic mass is 35.5. The van der Waals surface area contributed by atoms with Crippen molar-refractivity contribution in [2.24, 2.45) is 0 Å². The summed E-state index contributed by atoms with van der Waals surface area (Å²) in [6.07, 6.45) is 0.152. The van der Waals surface area contributed by atoms with E-state index in [1.807, 2.05) is 50.2 Å². The number of rotatable bonds is 5. The number of ether oxygens (including phenoxy) is 2. The van der Waals surface area contributed by atoms with Crippen LogP contribution in [0.2, 0.25) is 5.02 Å². The van der Waals surface area contributed by atoms with Crippen LogP contribution in [0.3, 0.4) is 0 Å². The molecular formula is C17H18Cl2O2. The number of hydrogen-bond donors (Lipinski definition) is 0. The molecule has 21 heavy (non-hydrogen) atoms. The Morgan fingerprint density at radius 1 is 1.00 bits per heavy atom. The molecule has 0 saturated carbocycles. The number of alkyl halides is 1. The highest BCUT2D eigenvalue weighted by Crippen LogP contribution is 2.36. The number of hydrogen-bond acceptors (Lipinski definition) is 2. The smallest absolute Gasteiger partial charge is 0.125 e. The van der Waals surface area contributed by atoms with E-state index in [-0.39, 0.29) is 11.5 Å². The first kappa shape index (κ1) is 16.0. The molecule has 0 amide bonds. The van der Waals surface area contributed by atoms with E-state index in [1.165, 1.54) is 0 Å². The molecule has 0 saturated heterocycles. The highest BCUT2D eigenvalue weighted by Gasteiger charge is 2.16. The maximum absolute atomic E-state index is 6.56. The van der Waals surface area contributed by atoms with Crippen molar-refractivity contribution in [1.29, 1.82) is 0 Å². The van der Waals surface area contributed by atoms with Gasteiger partial charge >= 0.3 is 0 Å². The second kappa shape index (κ2) is 7.06. The van der Waals surface area contributed by atoms with Gasteiger partial charge in [-0.3, -0.25) is 0 Å². The van der Waals surface area contributed by atoms with Crippen molar-refractivity contribution < 1.29 is 9.47 Å². The molecule has 0 radical (unpaired) electrons. The Kier molecular flexibility index (Phi) is 5.38. The zero-order valence-corrected chi connectivity index (χ0v) is 13.8. The number of halogens is 2. The van der Waals surface area contributed by atoms with Crippen molar-refractivity contribution in [1.82, 2.24) is 0 Å². The molecule has 2 rings (SSSR count). The van der Waals surface area contributed by atoms with E-state index >= 15 is 0 Å². The summed E-state index contributed by atoms with van der Waals surface area (Å²) < 4.78 is 11.0. The molecule has 0 spiro atoms. The Bertz CT molecular complexity index is 594. The minimum absolute atomic E-state index is 0.152. The van der Waals surface area contributed by atoms with Gasteiger partial charge < -0.3 is 9.47 Å². The van der Waals surface area contributed by atoms with Gasteiger partial charge in [0.2, 0.25) is 0 Å². The average Bonchev–Trinajstić information content (AvgIpc) is 2.46. The van der Waals surface area contributed by atoms with Crippen molar-refractivity contribution >= 4 is 23.2 Å². The Morgan fingerprint density at radius 2 is 1.67 bits per heavy atom. The predicted molar refractivity (Wildman–Crippen MR) is 87.9 cm³/mol. The summed E-state index contributed by atoms with van der Waals surface area (Å²) in [5.74, 6) is 1.52. The predicted octanol–water partition coefficient (Wildman–Crippen LogP) is 5.46. The van der Waals surface area contributed by atoms with Crippen LogP contribution < -0.4 is 9.47 Å². The lowest BCUT2D eigenvalue weighted by Crippen LogP contribution is -2.05. The maximum Gasteiger partial charge on any atom is 0.125 e. The number of methoxy groups -OCH3 is 1. The molecule has 0 aromatic heterocycles. The molecule has 0 N–H and O–H groups in total. The van der Waals surface area contributed by atoms with Gasteiger partial charge in [-0.15, -0.1) is 11.6 Å². The quantitative estimate of drug-likeness (QED) is 0.679. The molecule has 112 valence electrons. The minimum Gasteiger partial charge on any atom is -0.496 e. The third-order valence-electron chi connectivity index (χ3n) is 3.01. The summed E-state index contributed by atoms with van der Waals surface area (Å²) in [4.78, 5) is 0. The topological polar surface area (TPSA) is 18.5 Å². The van der Waals surface area contributed by atoms with E-state index in [4.69, 9.17) is 32.7 Å². The lowest BCUT2D eigenvalue weighted by atomic mass is 10.0. The Morgan fingerprint density at radius 3 is 2.24 bits per heavy atom. The van der Waals surface area contributed by atoms with E-state index in [0.29, 0.717) is 10.8 Å². The molecule has 0 heterocycles. The Hall–Kier alpha value is -1.38. The van der Waals surface area contributed by atoms with Gasteiger partial charge in [-0.05, 0) is 43.7 Å². The van der Waals surface area contributed by atoms with Gasteiger partial charge in [0.25, 0.3) is 0 Å². The molecule has 0 bridgehead atoms. The summed E-state index contributed by atoms with van der Waals surface area (Å²) in [5.41, 5.74) is 1.87. The summed E-state index contributed by atoms with van der Waals surface area (Å²) in [7, 11) is 1.61. The molecule has 2 nitrogen and oxygen atoms in total. The van der Waals surface area contributed by atoms with E-state index in [0.717, 1.165) is 16.9 Å². The molecule has 0 aliphatic heterocycles. The average molecular weight is 325 g/mol. The zero-order valence-electron chi connectivity index (χ0n) is 12.3. The van der Waals surface area contributed by atoms with Gasteiger partial charge in [-0.1, -0.05) is 29.8 Å². The van der Waals surface area contributed by atoms with Gasteiger partial charge in [0.15, 0.2) is 0 Å². The lowest BCUT2D eigenvalue weighted by Gasteiger charge is -2.16. The molecule has 2 aromatic rings. The highest BCUT2D eigenvalue weighted by molar-refractivity contribution is 6.30. The van der Waals surface area contributed by atoms with Crippen LogP contribution in [0.1, 0.15) is 30.4 Å². The van der Waals surface area contributed by atoms with Gasteiger partial charge in [-0.2, -0.15) is 0 Å². The molecule has 4 heteroatoms. The molecule has 1 unspecified atom stereocenters. The van der Waals surface area contributed by atoms with Crippen LogP contribution in [0.25, 0.3) is 0 Å². The van der Waals surface area contributed by atoms with Crippen LogP contribution in [0.5, 0.6) is 11.5 Å². The van der Waals surface area contributed by atoms with Gasteiger partial charge in [-0.25, -0.2) is 0 Å². The first-order chi connectivity index (χ1) is 10.0. The lowest BCUT2D eigenvalue weighted by molar-refractivity contribution is 0.242. The van der Waals surface area contributed by atoms with Crippen LogP contribution in [0.15, 0.2) is 42.5 Å². The van der Waals surface area contributed by atoms with Crippen molar-refractivity contribution in [3.63, 3.8) is 0 Å². The third-order valence-corrected chi connectivity index (χ3v) is 3.74. The standard InChI is InChI=1S/C17H18Cl2O2/c1-11(2)21-14-7-4-12(5-8-14)17(19)15-9-6-13(18)10-16(15)20-3/h4-11,17H,1-3H3. The van der Waals surface area contributed by atoms with Crippen molar-refractivity contribution in [3.05, 3.63) is 58.6 Å². The zero-order chi connectivity index (χ0) is 15.4. The summed E-state index contributed by atoms with van der Waals surface area (Å²) >= 11 is 12.5. The molecule has 0 aliphatic rings.